The molecule has 2 heterocycles. The number of nitrogens with zero attached hydrogens (tertiary/aromatic N) is 1. The smallest absolute Gasteiger partial charge is 0.0861 e. The predicted octanol–water partition coefficient (Wildman–Crippen LogP) is -0.436. The number of rotatable bonds is 0. The molecule has 0 bridgehead atoms. The van der Waals surface area contributed by atoms with Gasteiger partial charge in [-0.25, -0.2) is 0 Å². The lowest BCUT2D eigenvalue weighted by molar-refractivity contribution is -0.958. The number of hydrogen-bond donors (Lipinski definition) is 0. The molecule has 0 aliphatic carbocycles. The Balaban J connectivity index is 0.000000845. The summed E-state index contributed by atoms with van der Waals surface area (Å²) in [5.41, 5.74) is 0. The molecule has 1 unspecified atom stereocenters. The Kier molecular flexibility index (Phi) is 4.24. The topological polar surface area (TPSA) is 0 Å². The SMILES string of the molecule is CC1CCCC[N+]12CCCCC2.[Br-]. The largest absolute Gasteiger partial charge is 1.00 e. The molecule has 2 fully saturated rings. The van der Waals surface area contributed by atoms with Gasteiger partial charge in [0.1, 0.15) is 0 Å². The van der Waals surface area contributed by atoms with Crippen LogP contribution in [0.4, 0.5) is 0 Å². The minimum Gasteiger partial charge on any atom is -1.00 e. The highest BCUT2D eigenvalue weighted by Crippen LogP contribution is 2.30. The van der Waals surface area contributed by atoms with Crippen LogP contribution in [0.5, 0.6) is 0 Å². The van der Waals surface area contributed by atoms with Crippen molar-refractivity contribution in [3.63, 3.8) is 0 Å². The summed E-state index contributed by atoms with van der Waals surface area (Å²) in [6, 6.07) is 0.971. The van der Waals surface area contributed by atoms with E-state index in [4.69, 9.17) is 0 Å². The lowest BCUT2D eigenvalue weighted by atomic mass is 9.95. The standard InChI is InChI=1S/C11H22N.BrH/c1-11-7-3-6-10-12(11)8-4-2-5-9-12;/h11H,2-10H2,1H3;1H/q+1;/p-1. The summed E-state index contributed by atoms with van der Waals surface area (Å²) in [5.74, 6) is 0. The molecule has 13 heavy (non-hydrogen) atoms. The van der Waals surface area contributed by atoms with Gasteiger partial charge in [0, 0.05) is 0 Å². The summed E-state index contributed by atoms with van der Waals surface area (Å²) in [6.45, 7) is 6.94. The number of quaternary nitrogens is 1. The molecule has 0 aromatic rings. The van der Waals surface area contributed by atoms with Gasteiger partial charge in [-0.1, -0.05) is 0 Å². The molecule has 2 rings (SSSR count). The zero-order valence-electron chi connectivity index (χ0n) is 8.77. The zero-order chi connectivity index (χ0) is 8.44. The van der Waals surface area contributed by atoms with Crippen LogP contribution in [0.3, 0.4) is 0 Å². The van der Waals surface area contributed by atoms with Crippen molar-refractivity contribution in [2.75, 3.05) is 19.6 Å². The first-order chi connectivity index (χ1) is 5.83. The zero-order valence-corrected chi connectivity index (χ0v) is 10.4. The van der Waals surface area contributed by atoms with E-state index in [1.54, 1.807) is 0 Å². The minimum absolute atomic E-state index is 0. The van der Waals surface area contributed by atoms with Crippen molar-refractivity contribution >= 4 is 0 Å². The highest BCUT2D eigenvalue weighted by atomic mass is 79.9. The van der Waals surface area contributed by atoms with Gasteiger partial charge in [-0.3, -0.25) is 0 Å². The summed E-state index contributed by atoms with van der Waals surface area (Å²) in [7, 11) is 0. The second kappa shape index (κ2) is 4.79. The van der Waals surface area contributed by atoms with E-state index in [9.17, 15) is 0 Å². The predicted molar refractivity (Wildman–Crippen MR) is 52.0 cm³/mol. The van der Waals surface area contributed by atoms with Gasteiger partial charge < -0.3 is 21.5 Å². The van der Waals surface area contributed by atoms with Crippen molar-refractivity contribution < 1.29 is 21.5 Å². The number of piperidine rings is 2. The van der Waals surface area contributed by atoms with E-state index in [2.05, 4.69) is 6.92 Å². The minimum atomic E-state index is 0. The first kappa shape index (κ1) is 11.5. The van der Waals surface area contributed by atoms with Gasteiger partial charge in [-0.15, -0.1) is 0 Å². The molecule has 2 saturated heterocycles. The molecule has 0 aromatic heterocycles. The van der Waals surface area contributed by atoms with Crippen LogP contribution in [0.2, 0.25) is 0 Å². The van der Waals surface area contributed by atoms with Crippen LogP contribution in [0.1, 0.15) is 45.4 Å². The number of halogens is 1. The molecule has 0 amide bonds. The Morgan fingerprint density at radius 2 is 1.38 bits per heavy atom. The van der Waals surface area contributed by atoms with Gasteiger partial charge in [0.15, 0.2) is 0 Å². The van der Waals surface area contributed by atoms with E-state index in [1.807, 2.05) is 0 Å². The third-order valence-corrected chi connectivity index (χ3v) is 4.12. The summed E-state index contributed by atoms with van der Waals surface area (Å²) in [4.78, 5) is 0. The van der Waals surface area contributed by atoms with Gasteiger partial charge in [0.05, 0.1) is 25.7 Å². The Morgan fingerprint density at radius 3 is 1.92 bits per heavy atom. The normalized spacial score (nSPS) is 32.5. The molecule has 0 aromatic carbocycles. The Labute approximate surface area is 92.9 Å². The molecular weight excluding hydrogens is 226 g/mol. The van der Waals surface area contributed by atoms with Gasteiger partial charge in [0.2, 0.25) is 0 Å². The second-order valence-corrected chi connectivity index (χ2v) is 4.79. The van der Waals surface area contributed by atoms with E-state index in [0.717, 1.165) is 6.04 Å². The quantitative estimate of drug-likeness (QED) is 0.510. The van der Waals surface area contributed by atoms with Crippen LogP contribution < -0.4 is 17.0 Å². The average Bonchev–Trinajstić information content (AvgIpc) is 2.12. The Hall–Kier alpha value is 0.440. The molecule has 1 nitrogen and oxygen atoms in total. The number of hydrogen-bond acceptors (Lipinski definition) is 0. The molecule has 0 saturated carbocycles. The first-order valence-electron chi connectivity index (χ1n) is 5.69. The molecule has 1 spiro atoms. The third-order valence-electron chi connectivity index (χ3n) is 4.12. The van der Waals surface area contributed by atoms with Crippen LogP contribution in [-0.4, -0.2) is 30.2 Å². The van der Waals surface area contributed by atoms with Crippen LogP contribution in [-0.2, 0) is 0 Å². The molecule has 2 aliphatic rings. The third kappa shape index (κ3) is 2.27. The lowest BCUT2D eigenvalue weighted by Gasteiger charge is -2.48. The van der Waals surface area contributed by atoms with Crippen molar-refractivity contribution in [3.05, 3.63) is 0 Å². The molecule has 2 aliphatic heterocycles. The average molecular weight is 248 g/mol. The highest BCUT2D eigenvalue weighted by molar-refractivity contribution is 4.65. The van der Waals surface area contributed by atoms with Gasteiger partial charge >= 0.3 is 0 Å². The second-order valence-electron chi connectivity index (χ2n) is 4.79. The van der Waals surface area contributed by atoms with Crippen molar-refractivity contribution in [1.29, 1.82) is 0 Å². The molecule has 1 atom stereocenters. The van der Waals surface area contributed by atoms with Crippen molar-refractivity contribution in [3.8, 4) is 0 Å². The summed E-state index contributed by atoms with van der Waals surface area (Å²) in [6.07, 6.45) is 8.94. The highest BCUT2D eigenvalue weighted by Gasteiger charge is 2.37. The van der Waals surface area contributed by atoms with Gasteiger partial charge in [0.25, 0.3) is 0 Å². The molecule has 2 heteroatoms. The fourth-order valence-electron chi connectivity index (χ4n) is 3.17. The molecule has 0 N–H and O–H groups in total. The van der Waals surface area contributed by atoms with Crippen molar-refractivity contribution in [2.45, 2.75) is 51.5 Å². The van der Waals surface area contributed by atoms with E-state index in [-0.39, 0.29) is 17.0 Å². The van der Waals surface area contributed by atoms with E-state index in [1.165, 1.54) is 62.6 Å². The summed E-state index contributed by atoms with van der Waals surface area (Å²) in [5, 5.41) is 0. The van der Waals surface area contributed by atoms with Crippen LogP contribution >= 0.6 is 0 Å². The van der Waals surface area contributed by atoms with Crippen LogP contribution in [0.25, 0.3) is 0 Å². The van der Waals surface area contributed by atoms with Gasteiger partial charge in [-0.2, -0.15) is 0 Å². The lowest BCUT2D eigenvalue weighted by Crippen LogP contribution is -3.00. The van der Waals surface area contributed by atoms with E-state index in [0.29, 0.717) is 0 Å². The Morgan fingerprint density at radius 1 is 0.846 bits per heavy atom. The maximum atomic E-state index is 2.48. The van der Waals surface area contributed by atoms with Crippen molar-refractivity contribution in [2.24, 2.45) is 0 Å². The van der Waals surface area contributed by atoms with E-state index >= 15 is 0 Å². The fourth-order valence-corrected chi connectivity index (χ4v) is 3.17. The van der Waals surface area contributed by atoms with Gasteiger partial charge in [-0.05, 0) is 45.4 Å². The maximum absolute atomic E-state index is 2.48. The molecule has 0 radical (unpaired) electrons. The fraction of sp³-hybridized carbons (Fsp3) is 1.00. The Bertz CT molecular complexity index is 144. The summed E-state index contributed by atoms with van der Waals surface area (Å²) >= 11 is 0. The molecular formula is C11H22BrN. The maximum Gasteiger partial charge on any atom is 0.0861 e. The molecule has 78 valence electrons. The summed E-state index contributed by atoms with van der Waals surface area (Å²) < 4.78 is 1.49. The van der Waals surface area contributed by atoms with Crippen LogP contribution in [0, 0.1) is 0 Å². The van der Waals surface area contributed by atoms with E-state index < -0.39 is 0 Å². The first-order valence-corrected chi connectivity index (χ1v) is 5.69. The van der Waals surface area contributed by atoms with Crippen LogP contribution in [0.15, 0.2) is 0 Å². The van der Waals surface area contributed by atoms with Crippen molar-refractivity contribution in [1.82, 2.24) is 0 Å². The monoisotopic (exact) mass is 247 g/mol.